The second-order valence-corrected chi connectivity index (χ2v) is 24.0. The number of aliphatic hydroxyl groups is 8. The molecule has 0 aromatic carbocycles. The van der Waals surface area contributed by atoms with Crippen molar-refractivity contribution in [3.8, 4) is 0 Å². The molecule has 12 unspecified atom stereocenters. The van der Waals surface area contributed by atoms with Gasteiger partial charge in [-0.05, 0) is 57.8 Å². The van der Waals surface area contributed by atoms with Gasteiger partial charge in [0.1, 0.15) is 48.8 Å². The lowest BCUT2D eigenvalue weighted by atomic mass is 9.97. The number of rotatable bonds is 55. The van der Waals surface area contributed by atoms with Gasteiger partial charge in [-0.15, -0.1) is 0 Å². The molecule has 0 aromatic rings. The van der Waals surface area contributed by atoms with E-state index in [4.69, 9.17) is 18.9 Å². The molecule has 0 spiro atoms. The quantitative estimate of drug-likeness (QED) is 0.0204. The lowest BCUT2D eigenvalue weighted by molar-refractivity contribution is -0.359. The van der Waals surface area contributed by atoms with Crippen LogP contribution in [0.2, 0.25) is 0 Å². The summed E-state index contributed by atoms with van der Waals surface area (Å²) in [5, 5.41) is 86.7. The van der Waals surface area contributed by atoms with Crippen LogP contribution in [0, 0.1) is 0 Å². The van der Waals surface area contributed by atoms with Crippen LogP contribution in [-0.2, 0) is 23.7 Å². The van der Waals surface area contributed by atoms with E-state index in [2.05, 4.69) is 55.6 Å². The molecule has 82 heavy (non-hydrogen) atoms. The summed E-state index contributed by atoms with van der Waals surface area (Å²) >= 11 is 0. The highest BCUT2D eigenvalue weighted by molar-refractivity contribution is 5.76. The first kappa shape index (κ1) is 76.0. The molecule has 2 aliphatic heterocycles. The molecule has 12 atom stereocenters. The van der Waals surface area contributed by atoms with Gasteiger partial charge in [0.05, 0.1) is 32.0 Å². The Balaban J connectivity index is 1.47. The molecule has 9 N–H and O–H groups in total. The zero-order valence-corrected chi connectivity index (χ0v) is 52.0. The average Bonchev–Trinajstić information content (AvgIpc) is 3.65. The van der Waals surface area contributed by atoms with E-state index in [0.29, 0.717) is 6.42 Å². The normalized spacial score (nSPS) is 24.2. The molecule has 2 fully saturated rings. The lowest BCUT2D eigenvalue weighted by Gasteiger charge is -2.46. The van der Waals surface area contributed by atoms with Gasteiger partial charge in [0.25, 0.3) is 0 Å². The summed E-state index contributed by atoms with van der Waals surface area (Å²) in [6.07, 6.45) is 52.5. The Hall–Kier alpha value is -2.05. The Morgan fingerprint density at radius 2 is 0.805 bits per heavy atom. The molecule has 0 aliphatic carbocycles. The molecule has 2 heterocycles. The number of aliphatic hydroxyl groups excluding tert-OH is 8. The summed E-state index contributed by atoms with van der Waals surface area (Å²) in [4.78, 5) is 13.2. The number of allylic oxidation sites excluding steroid dienone is 7. The average molecular weight is 1160 g/mol. The second-order valence-electron chi connectivity index (χ2n) is 24.0. The van der Waals surface area contributed by atoms with Crippen LogP contribution in [0.3, 0.4) is 0 Å². The highest BCUT2D eigenvalue weighted by Gasteiger charge is 2.51. The largest absolute Gasteiger partial charge is 0.394 e. The first-order valence-corrected chi connectivity index (χ1v) is 33.9. The van der Waals surface area contributed by atoms with Gasteiger partial charge < -0.3 is 65.1 Å². The van der Waals surface area contributed by atoms with Crippen LogP contribution in [0.15, 0.2) is 48.6 Å². The first-order valence-electron chi connectivity index (χ1n) is 33.9. The van der Waals surface area contributed by atoms with Crippen molar-refractivity contribution < 1.29 is 64.6 Å². The van der Waals surface area contributed by atoms with Crippen molar-refractivity contribution in [2.75, 3.05) is 19.8 Å². The van der Waals surface area contributed by atoms with Gasteiger partial charge in [0.2, 0.25) is 5.91 Å². The number of amides is 1. The van der Waals surface area contributed by atoms with E-state index < -0.39 is 86.8 Å². The number of carbonyl (C=O) groups excluding carboxylic acids is 1. The van der Waals surface area contributed by atoms with Crippen molar-refractivity contribution in [2.24, 2.45) is 0 Å². The Morgan fingerprint density at radius 1 is 0.439 bits per heavy atom. The Morgan fingerprint density at radius 3 is 1.23 bits per heavy atom. The van der Waals surface area contributed by atoms with E-state index in [-0.39, 0.29) is 18.9 Å². The summed E-state index contributed by atoms with van der Waals surface area (Å²) in [5.74, 6) is -0.240. The third kappa shape index (κ3) is 37.5. The number of nitrogens with one attached hydrogen (secondary N) is 1. The van der Waals surface area contributed by atoms with Gasteiger partial charge in [-0.25, -0.2) is 0 Å². The van der Waals surface area contributed by atoms with Crippen molar-refractivity contribution in [1.82, 2.24) is 5.32 Å². The predicted molar refractivity (Wildman–Crippen MR) is 332 cm³/mol. The number of unbranched alkanes of at least 4 members (excludes halogenated alkanes) is 36. The van der Waals surface area contributed by atoms with E-state index in [0.717, 1.165) is 64.2 Å². The zero-order valence-electron chi connectivity index (χ0n) is 52.0. The molecule has 2 saturated heterocycles. The van der Waals surface area contributed by atoms with Crippen molar-refractivity contribution in [3.63, 3.8) is 0 Å². The summed E-state index contributed by atoms with van der Waals surface area (Å²) in [6, 6.07) is -0.910. The van der Waals surface area contributed by atoms with Crippen molar-refractivity contribution in [1.29, 1.82) is 0 Å². The van der Waals surface area contributed by atoms with Gasteiger partial charge >= 0.3 is 0 Å². The van der Waals surface area contributed by atoms with E-state index >= 15 is 0 Å². The lowest BCUT2D eigenvalue weighted by Crippen LogP contribution is -2.65. The third-order valence-electron chi connectivity index (χ3n) is 16.5. The smallest absolute Gasteiger partial charge is 0.220 e. The summed E-state index contributed by atoms with van der Waals surface area (Å²) < 4.78 is 22.7. The van der Waals surface area contributed by atoms with E-state index in [1.54, 1.807) is 6.08 Å². The zero-order chi connectivity index (χ0) is 59.5. The highest BCUT2D eigenvalue weighted by atomic mass is 16.7. The topological polar surface area (TPSA) is 228 Å². The second kappa shape index (κ2) is 53.2. The fraction of sp³-hybridized carbons (Fsp3) is 0.868. The Kier molecular flexibility index (Phi) is 49.3. The van der Waals surface area contributed by atoms with Crippen molar-refractivity contribution >= 4 is 5.91 Å². The summed E-state index contributed by atoms with van der Waals surface area (Å²) in [5.41, 5.74) is 0. The molecule has 14 nitrogen and oxygen atoms in total. The Bertz CT molecular complexity index is 1560. The molecule has 0 aromatic heterocycles. The molecular weight excluding hydrogens is 1040 g/mol. The van der Waals surface area contributed by atoms with Gasteiger partial charge in [-0.3, -0.25) is 4.79 Å². The maximum Gasteiger partial charge on any atom is 0.220 e. The number of ether oxygens (including phenoxy) is 4. The number of carbonyl (C=O) groups is 1. The number of hydrogen-bond acceptors (Lipinski definition) is 13. The molecule has 480 valence electrons. The molecule has 1 amide bonds. The molecule has 0 bridgehead atoms. The monoisotopic (exact) mass is 1160 g/mol. The molecule has 2 rings (SSSR count). The van der Waals surface area contributed by atoms with E-state index in [1.165, 1.54) is 193 Å². The van der Waals surface area contributed by atoms with Crippen LogP contribution < -0.4 is 5.32 Å². The summed E-state index contributed by atoms with van der Waals surface area (Å²) in [7, 11) is 0. The Labute approximate surface area is 499 Å². The molecule has 2 aliphatic rings. The van der Waals surface area contributed by atoms with Gasteiger partial charge in [0, 0.05) is 6.42 Å². The standard InChI is InChI=1S/C68H125NO13/c1-3-5-7-9-11-12-13-14-15-16-17-18-19-20-21-22-23-24-25-26-27-28-29-30-31-32-33-34-35-36-37-38-39-40-41-42-43-44-46-48-50-52-60(73)69-56(57(72)51-49-47-45-10-8-6-4-2)55-79-67-65(78)63(76)66(59(54-71)81-67)82-68-64(77)62(75)61(74)58(53-70)80-68/h13-14,16-17,19-20,49,51,56-59,61-68,70-72,74-78H,3-12,15,18,21-48,50,52-55H2,1-2H3,(H,69,73)/b14-13-,17-16-,20-19-,51-49+. The van der Waals surface area contributed by atoms with Crippen molar-refractivity contribution in [2.45, 2.75) is 357 Å². The molecule has 14 heteroatoms. The fourth-order valence-electron chi connectivity index (χ4n) is 11.1. The predicted octanol–water partition coefficient (Wildman–Crippen LogP) is 13.1. The SMILES string of the molecule is CCCCCCC/C=C\C/C=C\C/C=C\CCCCCCCCCCCCCCCCCCCCCCCCCCCCC(=O)NC(COC1OC(CO)C(OC2OC(CO)C(O)C(O)C2O)C(O)C1O)C(O)/C=C/CCCCCCC. The van der Waals surface area contributed by atoms with Crippen molar-refractivity contribution in [3.05, 3.63) is 48.6 Å². The summed E-state index contributed by atoms with van der Waals surface area (Å²) in [6.45, 7) is 2.73. The minimum atomic E-state index is -1.79. The maximum absolute atomic E-state index is 13.2. The molecule has 0 radical (unpaired) electrons. The minimum Gasteiger partial charge on any atom is -0.394 e. The van der Waals surface area contributed by atoms with Crippen LogP contribution in [0.25, 0.3) is 0 Å². The van der Waals surface area contributed by atoms with Gasteiger partial charge in [-0.2, -0.15) is 0 Å². The van der Waals surface area contributed by atoms with Gasteiger partial charge in [0.15, 0.2) is 12.6 Å². The third-order valence-corrected chi connectivity index (χ3v) is 16.5. The fourth-order valence-corrected chi connectivity index (χ4v) is 11.1. The van der Waals surface area contributed by atoms with Crippen LogP contribution >= 0.6 is 0 Å². The van der Waals surface area contributed by atoms with Crippen LogP contribution in [-0.4, -0.2) is 140 Å². The van der Waals surface area contributed by atoms with E-state index in [9.17, 15) is 45.6 Å². The van der Waals surface area contributed by atoms with Crippen LogP contribution in [0.1, 0.15) is 284 Å². The molecular formula is C68H125NO13. The van der Waals surface area contributed by atoms with Crippen LogP contribution in [0.4, 0.5) is 0 Å². The first-order chi connectivity index (χ1) is 40.1. The highest BCUT2D eigenvalue weighted by Crippen LogP contribution is 2.30. The van der Waals surface area contributed by atoms with E-state index in [1.807, 2.05) is 6.08 Å². The van der Waals surface area contributed by atoms with Crippen LogP contribution in [0.5, 0.6) is 0 Å². The maximum atomic E-state index is 13.2. The number of hydrogen-bond donors (Lipinski definition) is 9. The molecule has 0 saturated carbocycles. The van der Waals surface area contributed by atoms with Gasteiger partial charge in [-0.1, -0.05) is 268 Å². The minimum absolute atomic E-state index is 0.240.